The lowest BCUT2D eigenvalue weighted by Crippen LogP contribution is -2.49. The van der Waals surface area contributed by atoms with Crippen LogP contribution in [0.4, 0.5) is 0 Å². The number of nitrogens with zero attached hydrogens (tertiary/aromatic N) is 2. The summed E-state index contributed by atoms with van der Waals surface area (Å²) >= 11 is 0. The maximum Gasteiger partial charge on any atom is 0.186 e. The van der Waals surface area contributed by atoms with E-state index in [2.05, 4.69) is 63.0 Å². The zero-order valence-electron chi connectivity index (χ0n) is 18.1. The van der Waals surface area contributed by atoms with Gasteiger partial charge in [-0.1, -0.05) is 39.9 Å². The van der Waals surface area contributed by atoms with Crippen molar-refractivity contribution in [2.75, 3.05) is 39.3 Å². The molecule has 5 heteroatoms. The van der Waals surface area contributed by atoms with Crippen molar-refractivity contribution >= 4 is 16.6 Å². The second kappa shape index (κ2) is 12.6. The number of hydrogen-bond acceptors (Lipinski definition) is 3. The van der Waals surface area contributed by atoms with Crippen molar-refractivity contribution in [2.24, 2.45) is 0 Å². The molecular weight excluding hydrogens is 328 g/mol. The summed E-state index contributed by atoms with van der Waals surface area (Å²) in [6.45, 7) is 26.1. The summed E-state index contributed by atoms with van der Waals surface area (Å²) in [6.07, 6.45) is 5.19. The smallest absolute Gasteiger partial charge is 0.186 e. The average molecular weight is 375 g/mol. The molecule has 0 amide bonds. The molecule has 0 saturated carbocycles. The van der Waals surface area contributed by atoms with Crippen LogP contribution in [0.5, 0.6) is 0 Å². The van der Waals surface area contributed by atoms with E-state index in [1.54, 1.807) is 0 Å². The summed E-state index contributed by atoms with van der Waals surface area (Å²) in [4.78, 5) is 2.65. The number of unbranched alkanes of at least 4 members (excludes halogenated alkanes) is 1. The minimum atomic E-state index is -1.39. The van der Waals surface area contributed by atoms with Gasteiger partial charge in [0.25, 0.3) is 0 Å². The van der Waals surface area contributed by atoms with Gasteiger partial charge in [0.2, 0.25) is 0 Å². The SMILES string of the molecule is CCCN(CCC)CCN(CCCC[Si](C)(C)OCC)[Si](C)(C)C. The first kappa shape index (κ1) is 24.3. The molecule has 0 aliphatic rings. The van der Waals surface area contributed by atoms with Gasteiger partial charge in [-0.05, 0) is 65.0 Å². The van der Waals surface area contributed by atoms with Crippen LogP contribution in [0.1, 0.15) is 46.5 Å². The van der Waals surface area contributed by atoms with Gasteiger partial charge in [-0.25, -0.2) is 0 Å². The van der Waals surface area contributed by atoms with Crippen molar-refractivity contribution in [1.82, 2.24) is 9.47 Å². The van der Waals surface area contributed by atoms with Crippen LogP contribution in [0.3, 0.4) is 0 Å². The molecule has 0 aromatic rings. The molecule has 0 atom stereocenters. The first-order valence-electron chi connectivity index (χ1n) is 10.3. The van der Waals surface area contributed by atoms with E-state index in [1.165, 1.54) is 64.5 Å². The molecule has 0 saturated heterocycles. The molecule has 0 unspecified atom stereocenters. The highest BCUT2D eigenvalue weighted by Crippen LogP contribution is 2.17. The Morgan fingerprint density at radius 3 is 1.75 bits per heavy atom. The summed E-state index contributed by atoms with van der Waals surface area (Å²) in [7, 11) is -2.62. The van der Waals surface area contributed by atoms with Gasteiger partial charge in [0.1, 0.15) is 8.24 Å². The van der Waals surface area contributed by atoms with E-state index in [0.717, 1.165) is 6.61 Å². The Hall–Kier alpha value is 0.314. The summed E-state index contributed by atoms with van der Waals surface area (Å²) in [6, 6.07) is 1.30. The van der Waals surface area contributed by atoms with Crippen molar-refractivity contribution in [3.8, 4) is 0 Å². The molecule has 0 bridgehead atoms. The molecule has 0 rings (SSSR count). The molecule has 0 aliphatic heterocycles. The Bertz CT molecular complexity index is 300. The molecule has 0 N–H and O–H groups in total. The molecule has 3 nitrogen and oxygen atoms in total. The highest BCUT2D eigenvalue weighted by Gasteiger charge is 2.25. The Morgan fingerprint density at radius 2 is 1.29 bits per heavy atom. The number of rotatable bonds is 15. The molecule has 0 fully saturated rings. The maximum atomic E-state index is 5.96. The predicted octanol–water partition coefficient (Wildman–Crippen LogP) is 5.27. The lowest BCUT2D eigenvalue weighted by molar-refractivity contribution is 0.246. The molecule has 0 spiro atoms. The summed E-state index contributed by atoms with van der Waals surface area (Å²) < 4.78 is 8.78. The third-order valence-corrected chi connectivity index (χ3v) is 9.68. The molecular formula is C19H46N2OSi2. The molecule has 0 aromatic carbocycles. The standard InChI is InChI=1S/C19H46N2OSi2/c1-9-14-20(15-10-2)17-18-21(23(4,5)6)16-12-13-19-24(7,8)22-11-3/h9-19H2,1-8H3. The van der Waals surface area contributed by atoms with Crippen LogP contribution >= 0.6 is 0 Å². The largest absolute Gasteiger partial charge is 0.418 e. The monoisotopic (exact) mass is 374 g/mol. The van der Waals surface area contributed by atoms with Crippen molar-refractivity contribution in [3.63, 3.8) is 0 Å². The fourth-order valence-corrected chi connectivity index (χ4v) is 6.96. The van der Waals surface area contributed by atoms with Gasteiger partial charge in [0.05, 0.1) is 0 Å². The van der Waals surface area contributed by atoms with Gasteiger partial charge >= 0.3 is 0 Å². The maximum absolute atomic E-state index is 5.96. The molecule has 0 aromatic heterocycles. The minimum absolute atomic E-state index is 0.880. The topological polar surface area (TPSA) is 15.7 Å². The third-order valence-electron chi connectivity index (χ3n) is 4.71. The van der Waals surface area contributed by atoms with Gasteiger partial charge in [-0.2, -0.15) is 0 Å². The van der Waals surface area contributed by atoms with Gasteiger partial charge < -0.3 is 13.9 Å². The first-order valence-corrected chi connectivity index (χ1v) is 16.8. The number of hydrogen-bond donors (Lipinski definition) is 0. The van der Waals surface area contributed by atoms with Crippen molar-refractivity contribution < 1.29 is 4.43 Å². The van der Waals surface area contributed by atoms with Crippen molar-refractivity contribution in [3.05, 3.63) is 0 Å². The minimum Gasteiger partial charge on any atom is -0.418 e. The zero-order chi connectivity index (χ0) is 18.6. The normalized spacial score (nSPS) is 13.2. The Kier molecular flexibility index (Phi) is 12.8. The Morgan fingerprint density at radius 1 is 0.708 bits per heavy atom. The summed E-state index contributed by atoms with van der Waals surface area (Å²) in [5.41, 5.74) is 0. The van der Waals surface area contributed by atoms with E-state index in [1.807, 2.05) is 0 Å². The Labute approximate surface area is 155 Å². The molecule has 146 valence electrons. The lowest BCUT2D eigenvalue weighted by atomic mass is 10.3. The van der Waals surface area contributed by atoms with Gasteiger partial charge in [0.15, 0.2) is 8.32 Å². The molecule has 0 radical (unpaired) electrons. The van der Waals surface area contributed by atoms with Crippen molar-refractivity contribution in [1.29, 1.82) is 0 Å². The molecule has 24 heavy (non-hydrogen) atoms. The Balaban J connectivity index is 4.33. The quantitative estimate of drug-likeness (QED) is 0.287. The molecule has 0 aliphatic carbocycles. The van der Waals surface area contributed by atoms with Crippen LogP contribution in [0.2, 0.25) is 38.8 Å². The fourth-order valence-electron chi connectivity index (χ4n) is 3.33. The van der Waals surface area contributed by atoms with Gasteiger partial charge in [0, 0.05) is 19.7 Å². The fraction of sp³-hybridized carbons (Fsp3) is 1.00. The molecule has 0 heterocycles. The lowest BCUT2D eigenvalue weighted by Gasteiger charge is -2.36. The third kappa shape index (κ3) is 11.8. The average Bonchev–Trinajstić information content (AvgIpc) is 2.45. The van der Waals surface area contributed by atoms with Crippen LogP contribution in [-0.2, 0) is 4.43 Å². The van der Waals surface area contributed by atoms with Crippen LogP contribution in [0.25, 0.3) is 0 Å². The van der Waals surface area contributed by atoms with E-state index < -0.39 is 16.6 Å². The van der Waals surface area contributed by atoms with E-state index in [9.17, 15) is 0 Å². The van der Waals surface area contributed by atoms with Gasteiger partial charge in [-0.3, -0.25) is 0 Å². The van der Waals surface area contributed by atoms with E-state index in [0.29, 0.717) is 0 Å². The van der Waals surface area contributed by atoms with Crippen LogP contribution < -0.4 is 0 Å². The summed E-state index contributed by atoms with van der Waals surface area (Å²) in [5, 5.41) is 0. The van der Waals surface area contributed by atoms with E-state index >= 15 is 0 Å². The van der Waals surface area contributed by atoms with E-state index in [-0.39, 0.29) is 0 Å². The van der Waals surface area contributed by atoms with Crippen LogP contribution in [0.15, 0.2) is 0 Å². The second-order valence-electron chi connectivity index (χ2n) is 8.65. The highest BCUT2D eigenvalue weighted by molar-refractivity contribution is 6.73. The second-order valence-corrected chi connectivity index (χ2v) is 17.9. The zero-order valence-corrected chi connectivity index (χ0v) is 20.1. The van der Waals surface area contributed by atoms with Crippen LogP contribution in [-0.4, -0.2) is 65.3 Å². The predicted molar refractivity (Wildman–Crippen MR) is 115 cm³/mol. The van der Waals surface area contributed by atoms with Crippen LogP contribution in [0, 0.1) is 0 Å². The first-order chi connectivity index (χ1) is 11.2. The highest BCUT2D eigenvalue weighted by atomic mass is 28.4. The van der Waals surface area contributed by atoms with Crippen molar-refractivity contribution in [2.45, 2.75) is 85.2 Å². The summed E-state index contributed by atoms with van der Waals surface area (Å²) in [5.74, 6) is 0. The van der Waals surface area contributed by atoms with Gasteiger partial charge in [-0.15, -0.1) is 0 Å². The van der Waals surface area contributed by atoms with E-state index in [4.69, 9.17) is 4.43 Å².